The van der Waals surface area contributed by atoms with E-state index in [-0.39, 0.29) is 23.6 Å². The molecule has 0 aliphatic carbocycles. The highest BCUT2D eigenvalue weighted by molar-refractivity contribution is 6.01. The minimum atomic E-state index is -0.613. The van der Waals surface area contributed by atoms with Gasteiger partial charge in [-0.3, -0.25) is 14.4 Å². The quantitative estimate of drug-likeness (QED) is 0.781. The van der Waals surface area contributed by atoms with Crippen LogP contribution in [0.4, 0.5) is 5.69 Å². The highest BCUT2D eigenvalue weighted by Gasteiger charge is 2.11. The van der Waals surface area contributed by atoms with Crippen molar-refractivity contribution in [3.63, 3.8) is 0 Å². The van der Waals surface area contributed by atoms with Crippen LogP contribution in [0.5, 0.6) is 0 Å². The number of para-hydroxylation sites is 1. The molecule has 3 amide bonds. The molecule has 0 fully saturated rings. The molecule has 4 N–H and O–H groups in total. The number of aryl methyl sites for hydroxylation is 2. The summed E-state index contributed by atoms with van der Waals surface area (Å²) in [7, 11) is 0. The number of hydrogen-bond donors (Lipinski definition) is 3. The maximum atomic E-state index is 12.1. The third-order valence-corrected chi connectivity index (χ3v) is 3.56. The number of nitrogens with two attached hydrogens (primary N) is 1. The van der Waals surface area contributed by atoms with Gasteiger partial charge in [-0.05, 0) is 43.2 Å². The Morgan fingerprint density at radius 2 is 1.54 bits per heavy atom. The van der Waals surface area contributed by atoms with Gasteiger partial charge in [0.15, 0.2) is 0 Å². The maximum absolute atomic E-state index is 12.1. The molecular formula is C18H19N3O3. The van der Waals surface area contributed by atoms with Crippen LogP contribution in [0, 0.1) is 13.8 Å². The van der Waals surface area contributed by atoms with Gasteiger partial charge in [0, 0.05) is 16.8 Å². The second-order valence-electron chi connectivity index (χ2n) is 5.44. The van der Waals surface area contributed by atoms with Crippen LogP contribution < -0.4 is 16.4 Å². The molecule has 0 saturated heterocycles. The van der Waals surface area contributed by atoms with E-state index < -0.39 is 11.8 Å². The standard InChI is InChI=1S/C18H19N3O3/c1-11-5-3-6-12(2)16(11)21-15(22)10-20-18(24)14-8-4-7-13(9-14)17(19)23/h3-9H,10H2,1-2H3,(H2,19,23)(H,20,24)(H,21,22). The lowest BCUT2D eigenvalue weighted by Gasteiger charge is -2.12. The molecule has 6 nitrogen and oxygen atoms in total. The third kappa shape index (κ3) is 4.19. The van der Waals surface area contributed by atoms with Crippen LogP contribution in [-0.2, 0) is 4.79 Å². The fraction of sp³-hybridized carbons (Fsp3) is 0.167. The van der Waals surface area contributed by atoms with E-state index in [1.165, 1.54) is 12.1 Å². The molecule has 2 rings (SSSR count). The number of benzene rings is 2. The average Bonchev–Trinajstić information content (AvgIpc) is 2.56. The van der Waals surface area contributed by atoms with Gasteiger partial charge < -0.3 is 16.4 Å². The lowest BCUT2D eigenvalue weighted by molar-refractivity contribution is -0.115. The molecule has 0 aliphatic rings. The Morgan fingerprint density at radius 3 is 2.17 bits per heavy atom. The fourth-order valence-corrected chi connectivity index (χ4v) is 2.27. The number of nitrogens with one attached hydrogen (secondary N) is 2. The largest absolute Gasteiger partial charge is 0.366 e. The number of amides is 3. The van der Waals surface area contributed by atoms with E-state index >= 15 is 0 Å². The first-order chi connectivity index (χ1) is 11.4. The van der Waals surface area contributed by atoms with Crippen molar-refractivity contribution in [2.45, 2.75) is 13.8 Å². The molecule has 124 valence electrons. The van der Waals surface area contributed by atoms with Crippen LogP contribution in [0.25, 0.3) is 0 Å². The van der Waals surface area contributed by atoms with E-state index in [2.05, 4.69) is 10.6 Å². The van der Waals surface area contributed by atoms with Crippen LogP contribution in [0.15, 0.2) is 42.5 Å². The molecule has 2 aromatic rings. The number of hydrogen-bond acceptors (Lipinski definition) is 3. The van der Waals surface area contributed by atoms with E-state index in [0.29, 0.717) is 0 Å². The van der Waals surface area contributed by atoms with Crippen molar-refractivity contribution in [1.29, 1.82) is 0 Å². The van der Waals surface area contributed by atoms with Gasteiger partial charge in [0.05, 0.1) is 6.54 Å². The zero-order valence-electron chi connectivity index (χ0n) is 13.6. The summed E-state index contributed by atoms with van der Waals surface area (Å²) < 4.78 is 0. The van der Waals surface area contributed by atoms with Crippen LogP contribution in [0.2, 0.25) is 0 Å². The van der Waals surface area contributed by atoms with Crippen molar-refractivity contribution in [2.75, 3.05) is 11.9 Å². The van der Waals surface area contributed by atoms with Crippen LogP contribution in [0.3, 0.4) is 0 Å². The number of primary amides is 1. The van der Waals surface area contributed by atoms with Crippen molar-refractivity contribution >= 4 is 23.4 Å². The summed E-state index contributed by atoms with van der Waals surface area (Å²) in [6.07, 6.45) is 0. The normalized spacial score (nSPS) is 10.1. The van der Waals surface area contributed by atoms with Crippen LogP contribution >= 0.6 is 0 Å². The summed E-state index contributed by atoms with van der Waals surface area (Å²) in [5, 5.41) is 5.31. The second kappa shape index (κ2) is 7.41. The first-order valence-corrected chi connectivity index (χ1v) is 7.42. The van der Waals surface area contributed by atoms with Gasteiger partial charge in [-0.15, -0.1) is 0 Å². The Hall–Kier alpha value is -3.15. The molecule has 0 aromatic heterocycles. The van der Waals surface area contributed by atoms with E-state index in [1.807, 2.05) is 32.0 Å². The average molecular weight is 325 g/mol. The Kier molecular flexibility index (Phi) is 5.31. The topological polar surface area (TPSA) is 101 Å². The van der Waals surface area contributed by atoms with Crippen molar-refractivity contribution in [1.82, 2.24) is 5.32 Å². The Labute approximate surface area is 140 Å². The molecule has 0 radical (unpaired) electrons. The zero-order chi connectivity index (χ0) is 17.7. The van der Waals surface area contributed by atoms with Crippen molar-refractivity contribution < 1.29 is 14.4 Å². The Balaban J connectivity index is 1.98. The van der Waals surface area contributed by atoms with E-state index in [9.17, 15) is 14.4 Å². The van der Waals surface area contributed by atoms with Gasteiger partial charge in [-0.25, -0.2) is 0 Å². The lowest BCUT2D eigenvalue weighted by atomic mass is 10.1. The van der Waals surface area contributed by atoms with Gasteiger partial charge in [0.2, 0.25) is 11.8 Å². The first-order valence-electron chi connectivity index (χ1n) is 7.42. The van der Waals surface area contributed by atoms with Crippen LogP contribution in [0.1, 0.15) is 31.8 Å². The summed E-state index contributed by atoms with van der Waals surface area (Å²) in [5.74, 6) is -1.39. The predicted octanol–water partition coefficient (Wildman–Crippen LogP) is 1.77. The summed E-state index contributed by atoms with van der Waals surface area (Å²) in [4.78, 5) is 35.2. The second-order valence-corrected chi connectivity index (χ2v) is 5.44. The van der Waals surface area contributed by atoms with E-state index in [4.69, 9.17) is 5.73 Å². The van der Waals surface area contributed by atoms with Crippen LogP contribution in [-0.4, -0.2) is 24.3 Å². The zero-order valence-corrected chi connectivity index (χ0v) is 13.6. The maximum Gasteiger partial charge on any atom is 0.251 e. The number of anilines is 1. The number of carbonyl (C=O) groups is 3. The van der Waals surface area contributed by atoms with Gasteiger partial charge >= 0.3 is 0 Å². The molecule has 0 saturated carbocycles. The Morgan fingerprint density at radius 1 is 0.958 bits per heavy atom. The molecule has 2 aromatic carbocycles. The molecule has 0 aliphatic heterocycles. The molecule has 0 unspecified atom stereocenters. The summed E-state index contributed by atoms with van der Waals surface area (Å²) in [5.41, 5.74) is 8.33. The molecule has 6 heteroatoms. The van der Waals surface area contributed by atoms with Gasteiger partial charge in [-0.1, -0.05) is 24.3 Å². The van der Waals surface area contributed by atoms with E-state index in [1.54, 1.807) is 12.1 Å². The summed E-state index contributed by atoms with van der Waals surface area (Å²) >= 11 is 0. The monoisotopic (exact) mass is 325 g/mol. The molecule has 0 heterocycles. The van der Waals surface area contributed by atoms with Gasteiger partial charge in [-0.2, -0.15) is 0 Å². The number of rotatable bonds is 5. The van der Waals surface area contributed by atoms with Crippen molar-refractivity contribution in [2.24, 2.45) is 5.73 Å². The lowest BCUT2D eigenvalue weighted by Crippen LogP contribution is -2.33. The fourth-order valence-electron chi connectivity index (χ4n) is 2.27. The summed E-state index contributed by atoms with van der Waals surface area (Å²) in [6.45, 7) is 3.63. The summed E-state index contributed by atoms with van der Waals surface area (Å²) in [6, 6.07) is 11.7. The SMILES string of the molecule is Cc1cccc(C)c1NC(=O)CNC(=O)c1cccc(C(N)=O)c1. The first kappa shape index (κ1) is 17.2. The van der Waals surface area contributed by atoms with Crippen molar-refractivity contribution in [3.8, 4) is 0 Å². The van der Waals surface area contributed by atoms with Gasteiger partial charge in [0.25, 0.3) is 5.91 Å². The number of carbonyl (C=O) groups excluding carboxylic acids is 3. The minimum absolute atomic E-state index is 0.173. The molecule has 0 atom stereocenters. The van der Waals surface area contributed by atoms with E-state index in [0.717, 1.165) is 16.8 Å². The minimum Gasteiger partial charge on any atom is -0.366 e. The molecular weight excluding hydrogens is 306 g/mol. The Bertz CT molecular complexity index is 780. The predicted molar refractivity (Wildman–Crippen MR) is 91.8 cm³/mol. The van der Waals surface area contributed by atoms with Gasteiger partial charge in [0.1, 0.15) is 0 Å². The smallest absolute Gasteiger partial charge is 0.251 e. The molecule has 24 heavy (non-hydrogen) atoms. The van der Waals surface area contributed by atoms with Crippen molar-refractivity contribution in [3.05, 3.63) is 64.7 Å². The highest BCUT2D eigenvalue weighted by Crippen LogP contribution is 2.19. The molecule has 0 spiro atoms. The third-order valence-electron chi connectivity index (χ3n) is 3.56. The molecule has 0 bridgehead atoms. The highest BCUT2D eigenvalue weighted by atomic mass is 16.2.